The highest BCUT2D eigenvalue weighted by atomic mass is 32.1. The van der Waals surface area contributed by atoms with Crippen molar-refractivity contribution >= 4 is 38.8 Å². The SMILES string of the molecule is COc1ncnc2sc(NC(=O)ON3CCN(C(=O)c4ccc(C(F)(F)F)nc4)CC3)nc12. The molecule has 0 spiro atoms. The van der Waals surface area contributed by atoms with E-state index in [1.165, 1.54) is 23.4 Å². The highest BCUT2D eigenvalue weighted by Gasteiger charge is 2.33. The van der Waals surface area contributed by atoms with Crippen LogP contribution >= 0.6 is 11.3 Å². The van der Waals surface area contributed by atoms with Crippen molar-refractivity contribution in [2.45, 2.75) is 6.18 Å². The number of carbonyl (C=O) groups is 2. The molecule has 0 saturated carbocycles. The fourth-order valence-electron chi connectivity index (χ4n) is 3.02. The van der Waals surface area contributed by atoms with Crippen molar-refractivity contribution in [3.63, 3.8) is 0 Å². The number of thiazole rings is 1. The summed E-state index contributed by atoms with van der Waals surface area (Å²) in [5.41, 5.74) is -0.614. The van der Waals surface area contributed by atoms with E-state index >= 15 is 0 Å². The molecule has 0 radical (unpaired) electrons. The van der Waals surface area contributed by atoms with Gasteiger partial charge < -0.3 is 14.5 Å². The third-order valence-corrected chi connectivity index (χ3v) is 5.48. The van der Waals surface area contributed by atoms with Gasteiger partial charge in [-0.05, 0) is 12.1 Å². The number of aromatic nitrogens is 4. The maximum Gasteiger partial charge on any atom is 0.433 e. The fraction of sp³-hybridized carbons (Fsp3) is 0.333. The lowest BCUT2D eigenvalue weighted by atomic mass is 10.2. The Kier molecular flexibility index (Phi) is 6.24. The maximum absolute atomic E-state index is 12.6. The molecule has 1 aliphatic rings. The van der Waals surface area contributed by atoms with Crippen LogP contribution in [0.4, 0.5) is 23.1 Å². The average Bonchev–Trinajstić information content (AvgIpc) is 3.21. The minimum absolute atomic E-state index is 0.0458. The molecular formula is C18H16F3N7O4S. The molecule has 0 aromatic carbocycles. The first-order chi connectivity index (χ1) is 15.7. The molecule has 15 heteroatoms. The van der Waals surface area contributed by atoms with Gasteiger partial charge in [-0.25, -0.2) is 14.8 Å². The molecule has 11 nitrogen and oxygen atoms in total. The van der Waals surface area contributed by atoms with Gasteiger partial charge >= 0.3 is 12.3 Å². The van der Waals surface area contributed by atoms with Gasteiger partial charge in [0.1, 0.15) is 12.0 Å². The largest absolute Gasteiger partial charge is 0.479 e. The summed E-state index contributed by atoms with van der Waals surface area (Å²) in [6, 6.07) is 1.85. The Morgan fingerprint density at radius 2 is 1.88 bits per heavy atom. The van der Waals surface area contributed by atoms with Crippen LogP contribution in [0.1, 0.15) is 16.1 Å². The third-order valence-electron chi connectivity index (χ3n) is 4.60. The van der Waals surface area contributed by atoms with Crippen molar-refractivity contribution in [1.82, 2.24) is 29.9 Å². The molecule has 4 rings (SSSR count). The van der Waals surface area contributed by atoms with E-state index in [1.807, 2.05) is 0 Å². The molecule has 33 heavy (non-hydrogen) atoms. The normalized spacial score (nSPS) is 14.8. The molecule has 0 bridgehead atoms. The summed E-state index contributed by atoms with van der Waals surface area (Å²) in [6.45, 7) is 0.848. The molecule has 0 atom stereocenters. The molecule has 3 aromatic rings. The first kappa shape index (κ1) is 22.6. The van der Waals surface area contributed by atoms with Crippen LogP contribution in [0.5, 0.6) is 5.88 Å². The van der Waals surface area contributed by atoms with Gasteiger partial charge in [-0.2, -0.15) is 18.2 Å². The summed E-state index contributed by atoms with van der Waals surface area (Å²) in [6.07, 6.45) is -3.12. The smallest absolute Gasteiger partial charge is 0.433 e. The number of piperazine rings is 1. The Morgan fingerprint density at radius 3 is 2.52 bits per heavy atom. The lowest BCUT2D eigenvalue weighted by molar-refractivity contribution is -0.141. The zero-order chi connectivity index (χ0) is 23.6. The lowest BCUT2D eigenvalue weighted by Gasteiger charge is -2.33. The average molecular weight is 483 g/mol. The van der Waals surface area contributed by atoms with E-state index < -0.39 is 23.9 Å². The second-order valence-electron chi connectivity index (χ2n) is 6.71. The van der Waals surface area contributed by atoms with Gasteiger partial charge in [-0.3, -0.25) is 15.1 Å². The molecule has 0 unspecified atom stereocenters. The number of pyridine rings is 1. The van der Waals surface area contributed by atoms with Crippen LogP contribution in [0.15, 0.2) is 24.7 Å². The number of fused-ring (bicyclic) bond motifs is 1. The Labute approximate surface area is 188 Å². The number of halogens is 3. The van der Waals surface area contributed by atoms with Crippen LogP contribution in [0.2, 0.25) is 0 Å². The molecule has 1 saturated heterocycles. The van der Waals surface area contributed by atoms with Gasteiger partial charge in [0.25, 0.3) is 5.91 Å². The van der Waals surface area contributed by atoms with Gasteiger partial charge in [0, 0.05) is 19.3 Å². The molecule has 1 aliphatic heterocycles. The molecule has 1 N–H and O–H groups in total. The van der Waals surface area contributed by atoms with Gasteiger partial charge in [0.05, 0.1) is 25.8 Å². The molecule has 174 valence electrons. The number of methoxy groups -OCH3 is 1. The van der Waals surface area contributed by atoms with Crippen LogP contribution in [-0.2, 0) is 11.0 Å². The predicted molar refractivity (Wildman–Crippen MR) is 109 cm³/mol. The van der Waals surface area contributed by atoms with E-state index in [-0.39, 0.29) is 42.8 Å². The van der Waals surface area contributed by atoms with Crippen LogP contribution in [0.25, 0.3) is 10.3 Å². The fourth-order valence-corrected chi connectivity index (χ4v) is 3.80. The van der Waals surface area contributed by atoms with Crippen molar-refractivity contribution in [2.75, 3.05) is 38.6 Å². The van der Waals surface area contributed by atoms with E-state index in [2.05, 4.69) is 25.3 Å². The first-order valence-corrected chi connectivity index (χ1v) is 10.3. The van der Waals surface area contributed by atoms with E-state index in [9.17, 15) is 22.8 Å². The van der Waals surface area contributed by atoms with Gasteiger partial charge in [-0.1, -0.05) is 11.3 Å². The van der Waals surface area contributed by atoms with Crippen molar-refractivity contribution in [1.29, 1.82) is 0 Å². The Morgan fingerprint density at radius 1 is 1.12 bits per heavy atom. The zero-order valence-corrected chi connectivity index (χ0v) is 17.8. The van der Waals surface area contributed by atoms with Crippen LogP contribution < -0.4 is 10.1 Å². The number of amides is 2. The summed E-state index contributed by atoms with van der Waals surface area (Å²) in [5.74, 6) is -0.174. The summed E-state index contributed by atoms with van der Waals surface area (Å²) >= 11 is 1.12. The predicted octanol–water partition coefficient (Wildman–Crippen LogP) is 2.43. The van der Waals surface area contributed by atoms with E-state index in [0.717, 1.165) is 29.7 Å². The number of alkyl halides is 3. The molecular weight excluding hydrogens is 467 g/mol. The molecule has 0 aliphatic carbocycles. The highest BCUT2D eigenvalue weighted by Crippen LogP contribution is 2.29. The Hall–Kier alpha value is -3.59. The van der Waals surface area contributed by atoms with Crippen molar-refractivity contribution < 1.29 is 32.3 Å². The van der Waals surface area contributed by atoms with E-state index in [4.69, 9.17) is 9.57 Å². The van der Waals surface area contributed by atoms with Gasteiger partial charge in [0.2, 0.25) is 5.88 Å². The molecule has 4 heterocycles. The first-order valence-electron chi connectivity index (χ1n) is 9.46. The standard InChI is InChI=1S/C18H16F3N7O4S/c1-31-13-12-14(24-9-23-13)33-16(25-12)26-17(30)32-28-6-4-27(5-7-28)15(29)10-2-3-11(22-8-10)18(19,20)21/h2-3,8-9H,4-7H2,1H3,(H,25,26,30). The topological polar surface area (TPSA) is 123 Å². The van der Waals surface area contributed by atoms with Crippen molar-refractivity contribution in [3.05, 3.63) is 35.9 Å². The number of nitrogens with one attached hydrogen (secondary N) is 1. The summed E-state index contributed by atoms with van der Waals surface area (Å²) in [7, 11) is 1.45. The minimum atomic E-state index is -4.57. The molecule has 1 fully saturated rings. The number of ether oxygens (including phenoxy) is 1. The summed E-state index contributed by atoms with van der Waals surface area (Å²) in [5, 5.41) is 4.13. The minimum Gasteiger partial charge on any atom is -0.479 e. The van der Waals surface area contributed by atoms with Gasteiger partial charge in [-0.15, -0.1) is 5.06 Å². The quantitative estimate of drug-likeness (QED) is 0.596. The second kappa shape index (κ2) is 9.11. The second-order valence-corrected chi connectivity index (χ2v) is 7.69. The summed E-state index contributed by atoms with van der Waals surface area (Å²) in [4.78, 5) is 47.5. The maximum atomic E-state index is 12.6. The highest BCUT2D eigenvalue weighted by molar-refractivity contribution is 7.22. The molecule has 3 aromatic heterocycles. The number of nitrogens with zero attached hydrogens (tertiary/aromatic N) is 6. The zero-order valence-electron chi connectivity index (χ0n) is 17.0. The lowest BCUT2D eigenvalue weighted by Crippen LogP contribution is -2.49. The number of hydrogen-bond acceptors (Lipinski definition) is 10. The number of anilines is 1. The van der Waals surface area contributed by atoms with Crippen molar-refractivity contribution in [2.24, 2.45) is 0 Å². The third kappa shape index (κ3) is 5.09. The van der Waals surface area contributed by atoms with Gasteiger partial charge in [0.15, 0.2) is 15.5 Å². The number of hydroxylamine groups is 2. The molecule has 2 amide bonds. The Balaban J connectivity index is 1.29. The monoisotopic (exact) mass is 483 g/mol. The van der Waals surface area contributed by atoms with Crippen LogP contribution in [-0.4, -0.2) is 75.2 Å². The summed E-state index contributed by atoms with van der Waals surface area (Å²) < 4.78 is 43.0. The number of rotatable bonds is 4. The van der Waals surface area contributed by atoms with Crippen molar-refractivity contribution in [3.8, 4) is 5.88 Å². The number of hydrogen-bond donors (Lipinski definition) is 1. The van der Waals surface area contributed by atoms with Crippen LogP contribution in [0, 0.1) is 0 Å². The Bertz CT molecular complexity index is 1160. The van der Waals surface area contributed by atoms with E-state index in [0.29, 0.717) is 10.3 Å². The van der Waals surface area contributed by atoms with Crippen LogP contribution in [0.3, 0.4) is 0 Å². The van der Waals surface area contributed by atoms with E-state index in [1.54, 1.807) is 0 Å². The number of carbonyl (C=O) groups excluding carboxylic acids is 2.